The first-order valence-corrected chi connectivity index (χ1v) is 7.80. The number of nitrogens with zero attached hydrogens (tertiary/aromatic N) is 1. The van der Waals surface area contributed by atoms with Gasteiger partial charge in [-0.3, -0.25) is 0 Å². The molecule has 0 radical (unpaired) electrons. The summed E-state index contributed by atoms with van der Waals surface area (Å²) in [6, 6.07) is 8.12. The lowest BCUT2D eigenvalue weighted by Crippen LogP contribution is -2.10. The largest absolute Gasteiger partial charge is 0.481 e. The number of aliphatic hydroxyl groups is 1. The summed E-state index contributed by atoms with van der Waals surface area (Å²) < 4.78 is 5.33. The number of methoxy groups -OCH3 is 1. The third kappa shape index (κ3) is 3.18. The van der Waals surface area contributed by atoms with E-state index in [9.17, 15) is 5.11 Å². The highest BCUT2D eigenvalue weighted by Gasteiger charge is 2.18. The van der Waals surface area contributed by atoms with Crippen molar-refractivity contribution in [3.8, 4) is 5.88 Å². The second kappa shape index (κ2) is 6.90. The molecule has 1 atom stereocenters. The Morgan fingerprint density at radius 3 is 2.43 bits per heavy atom. The second-order valence-corrected chi connectivity index (χ2v) is 5.48. The molecule has 3 nitrogen and oxygen atoms in total. The van der Waals surface area contributed by atoms with Crippen LogP contribution in [0.15, 0.2) is 24.3 Å². The number of ether oxygens (including phenoxy) is 1. The van der Waals surface area contributed by atoms with Gasteiger partial charge in [0.1, 0.15) is 0 Å². The van der Waals surface area contributed by atoms with Gasteiger partial charge in [0.2, 0.25) is 5.88 Å². The van der Waals surface area contributed by atoms with E-state index in [2.05, 4.69) is 37.9 Å². The normalized spacial score (nSPS) is 12.9. The average molecular weight is 287 g/mol. The van der Waals surface area contributed by atoms with Gasteiger partial charge in [0.05, 0.1) is 18.7 Å². The Morgan fingerprint density at radius 1 is 1.14 bits per heavy atom. The molecule has 21 heavy (non-hydrogen) atoms. The molecule has 1 aromatic carbocycles. The zero-order valence-corrected chi connectivity index (χ0v) is 13.4. The van der Waals surface area contributed by atoms with Crippen LogP contribution >= 0.6 is 0 Å². The molecule has 3 heteroatoms. The monoisotopic (exact) mass is 287 g/mol. The van der Waals surface area contributed by atoms with Crippen LogP contribution in [0.3, 0.4) is 0 Å². The first kappa shape index (κ1) is 15.8. The zero-order valence-electron chi connectivity index (χ0n) is 13.4. The number of fused-ring (bicyclic) bond motifs is 1. The predicted octanol–water partition coefficient (Wildman–Crippen LogP) is 4.28. The first-order chi connectivity index (χ1) is 10.1. The van der Waals surface area contributed by atoms with Crippen LogP contribution in [0.25, 0.3) is 10.9 Å². The molecule has 2 aromatic rings. The summed E-state index contributed by atoms with van der Waals surface area (Å²) in [5.41, 5.74) is 2.98. The zero-order chi connectivity index (χ0) is 15.4. The van der Waals surface area contributed by atoms with Crippen LogP contribution < -0.4 is 4.74 Å². The van der Waals surface area contributed by atoms with Crippen molar-refractivity contribution in [3.05, 3.63) is 35.4 Å². The van der Waals surface area contributed by atoms with E-state index in [-0.39, 0.29) is 0 Å². The summed E-state index contributed by atoms with van der Waals surface area (Å²) in [6.45, 7) is 6.34. The van der Waals surface area contributed by atoms with Crippen LogP contribution in [0, 0.1) is 5.92 Å². The summed E-state index contributed by atoms with van der Waals surface area (Å²) in [6.07, 6.45) is 2.44. The molecule has 1 unspecified atom stereocenters. The van der Waals surface area contributed by atoms with E-state index in [1.54, 1.807) is 7.11 Å². The van der Waals surface area contributed by atoms with Crippen molar-refractivity contribution in [2.45, 2.75) is 46.1 Å². The minimum Gasteiger partial charge on any atom is -0.481 e. The van der Waals surface area contributed by atoms with Crippen molar-refractivity contribution in [1.29, 1.82) is 0 Å². The van der Waals surface area contributed by atoms with Gasteiger partial charge in [-0.25, -0.2) is 4.98 Å². The fraction of sp³-hybridized carbons (Fsp3) is 0.500. The van der Waals surface area contributed by atoms with Crippen molar-refractivity contribution in [2.75, 3.05) is 7.11 Å². The molecule has 0 fully saturated rings. The Balaban J connectivity index is 2.45. The molecule has 1 N–H and O–H groups in total. The van der Waals surface area contributed by atoms with E-state index < -0.39 is 6.10 Å². The topological polar surface area (TPSA) is 42.4 Å². The molecule has 0 saturated heterocycles. The van der Waals surface area contributed by atoms with Crippen molar-refractivity contribution < 1.29 is 9.84 Å². The van der Waals surface area contributed by atoms with Crippen molar-refractivity contribution >= 4 is 10.9 Å². The van der Waals surface area contributed by atoms with Gasteiger partial charge in [0, 0.05) is 10.9 Å². The summed E-state index contributed by atoms with van der Waals surface area (Å²) in [7, 11) is 1.65. The summed E-state index contributed by atoms with van der Waals surface area (Å²) in [5.74, 6) is 0.998. The summed E-state index contributed by atoms with van der Waals surface area (Å²) >= 11 is 0. The number of aliphatic hydroxyl groups excluding tert-OH is 1. The Kier molecular flexibility index (Phi) is 5.18. The Labute approximate surface area is 127 Å². The maximum absolute atomic E-state index is 10.5. The minimum absolute atomic E-state index is 0.305. The van der Waals surface area contributed by atoms with Gasteiger partial charge in [-0.2, -0.15) is 0 Å². The Morgan fingerprint density at radius 2 is 1.86 bits per heavy atom. The van der Waals surface area contributed by atoms with Crippen LogP contribution in [-0.2, 0) is 6.42 Å². The lowest BCUT2D eigenvalue weighted by molar-refractivity contribution is 0.103. The van der Waals surface area contributed by atoms with E-state index >= 15 is 0 Å². The Bertz CT molecular complexity index is 605. The molecule has 0 spiro atoms. The third-order valence-corrected chi connectivity index (χ3v) is 4.29. The summed E-state index contributed by atoms with van der Waals surface area (Å²) in [4.78, 5) is 4.55. The number of aromatic nitrogens is 1. The highest BCUT2D eigenvalue weighted by Crippen LogP contribution is 2.30. The predicted molar refractivity (Wildman–Crippen MR) is 86.7 cm³/mol. The van der Waals surface area contributed by atoms with E-state index in [0.29, 0.717) is 11.8 Å². The van der Waals surface area contributed by atoms with E-state index in [4.69, 9.17) is 4.74 Å². The third-order valence-electron chi connectivity index (χ3n) is 4.29. The van der Waals surface area contributed by atoms with Crippen molar-refractivity contribution in [3.63, 3.8) is 0 Å². The highest BCUT2D eigenvalue weighted by atomic mass is 16.5. The number of aryl methyl sites for hydroxylation is 1. The number of benzene rings is 1. The van der Waals surface area contributed by atoms with Gasteiger partial charge in [-0.1, -0.05) is 39.7 Å². The number of hydrogen-bond donors (Lipinski definition) is 1. The van der Waals surface area contributed by atoms with Gasteiger partial charge in [-0.05, 0) is 36.1 Å². The number of pyridine rings is 1. The SMILES string of the molecule is CCc1cc2cc(C(O)C(CC)CC)ccc2nc1OC. The highest BCUT2D eigenvalue weighted by molar-refractivity contribution is 5.81. The van der Waals surface area contributed by atoms with Crippen LogP contribution in [0.1, 0.15) is 50.8 Å². The van der Waals surface area contributed by atoms with Crippen molar-refractivity contribution in [1.82, 2.24) is 4.98 Å². The second-order valence-electron chi connectivity index (χ2n) is 5.48. The van der Waals surface area contributed by atoms with Crippen LogP contribution in [0.4, 0.5) is 0 Å². The molecule has 1 heterocycles. The lowest BCUT2D eigenvalue weighted by atomic mass is 9.90. The van der Waals surface area contributed by atoms with Gasteiger partial charge >= 0.3 is 0 Å². The van der Waals surface area contributed by atoms with Gasteiger partial charge in [0.15, 0.2) is 0 Å². The fourth-order valence-corrected chi connectivity index (χ4v) is 2.84. The molecule has 0 amide bonds. The lowest BCUT2D eigenvalue weighted by Gasteiger charge is -2.20. The van der Waals surface area contributed by atoms with Crippen molar-refractivity contribution in [2.24, 2.45) is 5.92 Å². The molecule has 0 aliphatic rings. The molecule has 0 aliphatic carbocycles. The molecular weight excluding hydrogens is 262 g/mol. The van der Waals surface area contributed by atoms with Crippen LogP contribution in [-0.4, -0.2) is 17.2 Å². The van der Waals surface area contributed by atoms with Crippen LogP contribution in [0.5, 0.6) is 5.88 Å². The number of rotatable bonds is 6. The number of hydrogen-bond acceptors (Lipinski definition) is 3. The quantitative estimate of drug-likeness (QED) is 0.862. The van der Waals surface area contributed by atoms with Gasteiger partial charge in [0.25, 0.3) is 0 Å². The standard InChI is InChI=1S/C18H25NO2/c1-5-12(6-2)17(20)14-8-9-16-15(11-14)10-13(7-3)18(19-16)21-4/h8-12,17,20H,5-7H2,1-4H3. The Hall–Kier alpha value is -1.61. The fourth-order valence-electron chi connectivity index (χ4n) is 2.84. The molecule has 114 valence electrons. The molecule has 0 bridgehead atoms. The van der Waals surface area contributed by atoms with Crippen LogP contribution in [0.2, 0.25) is 0 Å². The summed E-state index contributed by atoms with van der Waals surface area (Å²) in [5, 5.41) is 11.6. The maximum atomic E-state index is 10.5. The van der Waals surface area contributed by atoms with E-state index in [1.807, 2.05) is 12.1 Å². The van der Waals surface area contributed by atoms with Gasteiger partial charge < -0.3 is 9.84 Å². The maximum Gasteiger partial charge on any atom is 0.216 e. The van der Waals surface area contributed by atoms with E-state index in [0.717, 1.165) is 41.3 Å². The van der Waals surface area contributed by atoms with E-state index in [1.165, 1.54) is 0 Å². The minimum atomic E-state index is -0.406. The smallest absolute Gasteiger partial charge is 0.216 e. The molecular formula is C18H25NO2. The first-order valence-electron chi connectivity index (χ1n) is 7.80. The molecule has 0 aliphatic heterocycles. The molecule has 2 rings (SSSR count). The molecule has 1 aromatic heterocycles. The molecule has 0 saturated carbocycles. The average Bonchev–Trinajstić information content (AvgIpc) is 2.53. The van der Waals surface area contributed by atoms with Gasteiger partial charge in [-0.15, -0.1) is 0 Å².